The maximum Gasteiger partial charge on any atom is 0.315 e. The van der Waals surface area contributed by atoms with Gasteiger partial charge in [0.05, 0.1) is 0 Å². The average molecular weight is 354 g/mol. The van der Waals surface area contributed by atoms with Crippen molar-refractivity contribution >= 4 is 33.6 Å². The monoisotopic (exact) mass is 352 g/mol. The quantitative estimate of drug-likeness (QED) is 0.853. The minimum absolute atomic E-state index is 0.208. The van der Waals surface area contributed by atoms with Gasteiger partial charge in [-0.15, -0.1) is 0 Å². The molecule has 0 saturated heterocycles. The summed E-state index contributed by atoms with van der Waals surface area (Å²) in [6.07, 6.45) is 0. The zero-order valence-corrected chi connectivity index (χ0v) is 13.0. The van der Waals surface area contributed by atoms with Gasteiger partial charge >= 0.3 is 6.03 Å². The van der Waals surface area contributed by atoms with E-state index < -0.39 is 0 Å². The SMILES string of the molecule is O=C(NCc1cccc(Cl)c1)NCc1ccccc1Br. The van der Waals surface area contributed by atoms with Gasteiger partial charge in [0, 0.05) is 22.6 Å². The van der Waals surface area contributed by atoms with Crippen LogP contribution in [-0.4, -0.2) is 6.03 Å². The van der Waals surface area contributed by atoms with E-state index in [1.54, 1.807) is 6.07 Å². The highest BCUT2D eigenvalue weighted by Gasteiger charge is 2.03. The fourth-order valence-corrected chi connectivity index (χ4v) is 2.35. The van der Waals surface area contributed by atoms with Crippen molar-refractivity contribution in [2.75, 3.05) is 0 Å². The molecule has 2 aromatic carbocycles. The molecule has 3 nitrogen and oxygen atoms in total. The number of rotatable bonds is 4. The summed E-state index contributed by atoms with van der Waals surface area (Å²) >= 11 is 9.33. The number of halogens is 2. The Labute approximate surface area is 131 Å². The first kappa shape index (κ1) is 14.9. The van der Waals surface area contributed by atoms with Gasteiger partial charge in [-0.05, 0) is 29.3 Å². The van der Waals surface area contributed by atoms with Crippen LogP contribution < -0.4 is 10.6 Å². The van der Waals surface area contributed by atoms with Crippen LogP contribution in [0.25, 0.3) is 0 Å². The van der Waals surface area contributed by atoms with E-state index in [0.717, 1.165) is 15.6 Å². The molecule has 0 heterocycles. The molecule has 20 heavy (non-hydrogen) atoms. The number of amides is 2. The van der Waals surface area contributed by atoms with Gasteiger partial charge in [-0.25, -0.2) is 4.79 Å². The number of hydrogen-bond donors (Lipinski definition) is 2. The van der Waals surface area contributed by atoms with Crippen molar-refractivity contribution < 1.29 is 4.79 Å². The molecule has 0 aliphatic carbocycles. The molecule has 0 radical (unpaired) electrons. The van der Waals surface area contributed by atoms with Crippen LogP contribution in [0, 0.1) is 0 Å². The average Bonchev–Trinajstić information content (AvgIpc) is 2.44. The van der Waals surface area contributed by atoms with Crippen LogP contribution in [0.4, 0.5) is 4.79 Å². The normalized spacial score (nSPS) is 10.1. The molecule has 0 fully saturated rings. The number of benzene rings is 2. The summed E-state index contributed by atoms with van der Waals surface area (Å²) in [7, 11) is 0. The van der Waals surface area contributed by atoms with Crippen LogP contribution >= 0.6 is 27.5 Å². The number of nitrogens with one attached hydrogen (secondary N) is 2. The molecule has 0 bridgehead atoms. The lowest BCUT2D eigenvalue weighted by atomic mass is 10.2. The fourth-order valence-electron chi connectivity index (χ4n) is 1.71. The summed E-state index contributed by atoms with van der Waals surface area (Å²) in [5.74, 6) is 0. The highest BCUT2D eigenvalue weighted by molar-refractivity contribution is 9.10. The summed E-state index contributed by atoms with van der Waals surface area (Å²) in [6, 6.07) is 15.0. The molecule has 2 rings (SSSR count). The van der Waals surface area contributed by atoms with Crippen molar-refractivity contribution in [3.8, 4) is 0 Å². The van der Waals surface area contributed by atoms with Crippen LogP contribution in [0.3, 0.4) is 0 Å². The zero-order chi connectivity index (χ0) is 14.4. The molecule has 0 aromatic heterocycles. The van der Waals surface area contributed by atoms with E-state index in [2.05, 4.69) is 26.6 Å². The minimum atomic E-state index is -0.208. The Morgan fingerprint density at radius 3 is 2.55 bits per heavy atom. The van der Waals surface area contributed by atoms with Gasteiger partial charge in [0.1, 0.15) is 0 Å². The molecule has 0 aliphatic heterocycles. The first-order chi connectivity index (χ1) is 9.65. The smallest absolute Gasteiger partial charge is 0.315 e. The van der Waals surface area contributed by atoms with Crippen molar-refractivity contribution in [2.45, 2.75) is 13.1 Å². The second-order valence-corrected chi connectivity index (χ2v) is 5.55. The molecule has 2 amide bonds. The van der Waals surface area contributed by atoms with E-state index in [0.29, 0.717) is 18.1 Å². The van der Waals surface area contributed by atoms with Crippen LogP contribution in [-0.2, 0) is 13.1 Å². The lowest BCUT2D eigenvalue weighted by Gasteiger charge is -2.09. The van der Waals surface area contributed by atoms with Gasteiger partial charge in [0.2, 0.25) is 0 Å². The summed E-state index contributed by atoms with van der Waals surface area (Å²) in [4.78, 5) is 11.7. The second-order valence-electron chi connectivity index (χ2n) is 4.26. The van der Waals surface area contributed by atoms with Crippen molar-refractivity contribution in [1.29, 1.82) is 0 Å². The Hall–Kier alpha value is -1.52. The first-order valence-corrected chi connectivity index (χ1v) is 7.32. The maximum absolute atomic E-state index is 11.7. The Balaban J connectivity index is 1.80. The van der Waals surface area contributed by atoms with E-state index >= 15 is 0 Å². The Kier molecular flexibility index (Phi) is 5.44. The Bertz CT molecular complexity index is 604. The maximum atomic E-state index is 11.7. The van der Waals surface area contributed by atoms with Gasteiger partial charge in [-0.3, -0.25) is 0 Å². The van der Waals surface area contributed by atoms with Crippen molar-refractivity contribution in [2.24, 2.45) is 0 Å². The van der Waals surface area contributed by atoms with E-state index in [-0.39, 0.29) is 6.03 Å². The number of hydrogen-bond acceptors (Lipinski definition) is 1. The van der Waals surface area contributed by atoms with Crippen molar-refractivity contribution in [1.82, 2.24) is 10.6 Å². The van der Waals surface area contributed by atoms with Gasteiger partial charge in [0.15, 0.2) is 0 Å². The summed E-state index contributed by atoms with van der Waals surface area (Å²) < 4.78 is 0.982. The van der Waals surface area contributed by atoms with Crippen LogP contribution in [0.5, 0.6) is 0 Å². The van der Waals surface area contributed by atoms with Gasteiger partial charge in [-0.1, -0.05) is 57.9 Å². The van der Waals surface area contributed by atoms with Crippen molar-refractivity contribution in [3.05, 3.63) is 69.2 Å². The summed E-state index contributed by atoms with van der Waals surface area (Å²) in [5, 5.41) is 6.27. The molecule has 2 N–H and O–H groups in total. The molecule has 0 aliphatic rings. The van der Waals surface area contributed by atoms with E-state index in [1.807, 2.05) is 42.5 Å². The lowest BCUT2D eigenvalue weighted by Crippen LogP contribution is -2.34. The molecule has 2 aromatic rings. The lowest BCUT2D eigenvalue weighted by molar-refractivity contribution is 0.240. The molecule has 0 saturated carbocycles. The third-order valence-electron chi connectivity index (χ3n) is 2.74. The number of carbonyl (C=O) groups excluding carboxylic acids is 1. The molecule has 0 unspecified atom stereocenters. The number of urea groups is 1. The third-order valence-corrected chi connectivity index (χ3v) is 3.75. The molecule has 5 heteroatoms. The molecular formula is C15H14BrClN2O. The van der Waals surface area contributed by atoms with E-state index in [4.69, 9.17) is 11.6 Å². The Morgan fingerprint density at radius 1 is 1.05 bits per heavy atom. The minimum Gasteiger partial charge on any atom is -0.334 e. The number of carbonyl (C=O) groups is 1. The molecular weight excluding hydrogens is 340 g/mol. The Morgan fingerprint density at radius 2 is 1.80 bits per heavy atom. The predicted octanol–water partition coefficient (Wildman–Crippen LogP) is 4.10. The van der Waals surface area contributed by atoms with Crippen LogP contribution in [0.1, 0.15) is 11.1 Å². The second kappa shape index (κ2) is 7.31. The van der Waals surface area contributed by atoms with Gasteiger partial charge in [0.25, 0.3) is 0 Å². The zero-order valence-electron chi connectivity index (χ0n) is 10.7. The topological polar surface area (TPSA) is 41.1 Å². The van der Waals surface area contributed by atoms with Crippen LogP contribution in [0.2, 0.25) is 5.02 Å². The van der Waals surface area contributed by atoms with Crippen molar-refractivity contribution in [3.63, 3.8) is 0 Å². The molecule has 0 spiro atoms. The molecule has 0 atom stereocenters. The predicted molar refractivity (Wildman–Crippen MR) is 84.7 cm³/mol. The standard InChI is InChI=1S/C15H14BrClN2O/c16-14-7-2-1-5-12(14)10-19-15(20)18-9-11-4-3-6-13(17)8-11/h1-8H,9-10H2,(H2,18,19,20). The van der Waals surface area contributed by atoms with Gasteiger partial charge < -0.3 is 10.6 Å². The van der Waals surface area contributed by atoms with Crippen LogP contribution in [0.15, 0.2) is 53.0 Å². The third kappa shape index (κ3) is 4.54. The summed E-state index contributed by atoms with van der Waals surface area (Å²) in [6.45, 7) is 0.922. The fraction of sp³-hybridized carbons (Fsp3) is 0.133. The molecule has 104 valence electrons. The highest BCUT2D eigenvalue weighted by atomic mass is 79.9. The highest BCUT2D eigenvalue weighted by Crippen LogP contribution is 2.15. The van der Waals surface area contributed by atoms with E-state index in [9.17, 15) is 4.79 Å². The van der Waals surface area contributed by atoms with E-state index in [1.165, 1.54) is 0 Å². The largest absolute Gasteiger partial charge is 0.334 e. The summed E-state index contributed by atoms with van der Waals surface area (Å²) in [5.41, 5.74) is 2.00. The first-order valence-electron chi connectivity index (χ1n) is 6.15. The van der Waals surface area contributed by atoms with Gasteiger partial charge in [-0.2, -0.15) is 0 Å².